The SMILES string of the molecule is CCCN(CC)CCNc1nc2ccc(C)cc2s1. The molecule has 1 aromatic carbocycles. The molecular formula is C15H23N3S. The van der Waals surface area contributed by atoms with E-state index in [1.807, 2.05) is 0 Å². The molecule has 0 spiro atoms. The van der Waals surface area contributed by atoms with Crippen LogP contribution in [0.15, 0.2) is 18.2 Å². The second kappa shape index (κ2) is 6.87. The second-order valence-corrected chi connectivity index (χ2v) is 5.88. The minimum atomic E-state index is 0.965. The van der Waals surface area contributed by atoms with E-state index in [2.05, 4.69) is 54.2 Å². The summed E-state index contributed by atoms with van der Waals surface area (Å²) < 4.78 is 1.27. The molecule has 0 aliphatic carbocycles. The van der Waals surface area contributed by atoms with E-state index in [0.717, 1.165) is 30.3 Å². The molecule has 0 bridgehead atoms. The molecule has 0 aliphatic rings. The van der Waals surface area contributed by atoms with Crippen molar-refractivity contribution in [2.24, 2.45) is 0 Å². The van der Waals surface area contributed by atoms with Crippen molar-refractivity contribution < 1.29 is 0 Å². The summed E-state index contributed by atoms with van der Waals surface area (Å²) in [6.45, 7) is 10.9. The summed E-state index contributed by atoms with van der Waals surface area (Å²) >= 11 is 1.74. The summed E-state index contributed by atoms with van der Waals surface area (Å²) in [5.41, 5.74) is 2.39. The smallest absolute Gasteiger partial charge is 0.183 e. The minimum absolute atomic E-state index is 0.965. The van der Waals surface area contributed by atoms with Crippen LogP contribution in [-0.4, -0.2) is 36.1 Å². The summed E-state index contributed by atoms with van der Waals surface area (Å²) in [6.07, 6.45) is 1.22. The fraction of sp³-hybridized carbons (Fsp3) is 0.533. The highest BCUT2D eigenvalue weighted by Gasteiger charge is 2.04. The van der Waals surface area contributed by atoms with Crippen molar-refractivity contribution in [3.05, 3.63) is 23.8 Å². The summed E-state index contributed by atoms with van der Waals surface area (Å²) in [5, 5.41) is 4.48. The Morgan fingerprint density at radius 1 is 1.26 bits per heavy atom. The third-order valence-corrected chi connectivity index (χ3v) is 4.21. The molecule has 0 unspecified atom stereocenters. The highest BCUT2D eigenvalue weighted by Crippen LogP contribution is 2.26. The van der Waals surface area contributed by atoms with Crippen LogP contribution < -0.4 is 5.32 Å². The van der Waals surface area contributed by atoms with E-state index in [9.17, 15) is 0 Å². The van der Waals surface area contributed by atoms with E-state index in [-0.39, 0.29) is 0 Å². The average Bonchev–Trinajstić information content (AvgIpc) is 2.79. The Hall–Kier alpha value is -1.13. The maximum Gasteiger partial charge on any atom is 0.183 e. The predicted molar refractivity (Wildman–Crippen MR) is 85.3 cm³/mol. The van der Waals surface area contributed by atoms with Gasteiger partial charge in [0.05, 0.1) is 10.2 Å². The van der Waals surface area contributed by atoms with Crippen molar-refractivity contribution in [1.29, 1.82) is 0 Å². The molecular weight excluding hydrogens is 254 g/mol. The Morgan fingerprint density at radius 2 is 2.11 bits per heavy atom. The van der Waals surface area contributed by atoms with Gasteiger partial charge in [0.1, 0.15) is 0 Å². The van der Waals surface area contributed by atoms with Crippen LogP contribution in [0.5, 0.6) is 0 Å². The first-order chi connectivity index (χ1) is 9.22. The molecule has 1 N–H and O–H groups in total. The normalized spacial score (nSPS) is 11.4. The predicted octanol–water partition coefficient (Wildman–Crippen LogP) is 3.75. The zero-order valence-corrected chi connectivity index (χ0v) is 12.9. The fourth-order valence-corrected chi connectivity index (χ4v) is 3.16. The Labute approximate surface area is 119 Å². The second-order valence-electron chi connectivity index (χ2n) is 4.85. The Balaban J connectivity index is 1.91. The molecule has 0 atom stereocenters. The van der Waals surface area contributed by atoms with Gasteiger partial charge in [-0.1, -0.05) is 31.3 Å². The lowest BCUT2D eigenvalue weighted by atomic mass is 10.2. The lowest BCUT2D eigenvalue weighted by Crippen LogP contribution is -2.29. The van der Waals surface area contributed by atoms with Crippen molar-refractivity contribution in [3.8, 4) is 0 Å². The van der Waals surface area contributed by atoms with Crippen LogP contribution in [0.2, 0.25) is 0 Å². The lowest BCUT2D eigenvalue weighted by Gasteiger charge is -2.19. The number of nitrogens with zero attached hydrogens (tertiary/aromatic N) is 2. The van der Waals surface area contributed by atoms with Crippen molar-refractivity contribution in [3.63, 3.8) is 0 Å². The van der Waals surface area contributed by atoms with Gasteiger partial charge in [0.2, 0.25) is 0 Å². The molecule has 0 radical (unpaired) electrons. The molecule has 0 saturated carbocycles. The lowest BCUT2D eigenvalue weighted by molar-refractivity contribution is 0.300. The van der Waals surface area contributed by atoms with E-state index >= 15 is 0 Å². The summed E-state index contributed by atoms with van der Waals surface area (Å²) in [4.78, 5) is 7.07. The number of hydrogen-bond donors (Lipinski definition) is 1. The summed E-state index contributed by atoms with van der Waals surface area (Å²) in [6, 6.07) is 6.42. The van der Waals surface area contributed by atoms with Crippen molar-refractivity contribution in [1.82, 2.24) is 9.88 Å². The maximum atomic E-state index is 4.61. The average molecular weight is 277 g/mol. The van der Waals surface area contributed by atoms with Gasteiger partial charge in [-0.2, -0.15) is 0 Å². The zero-order valence-electron chi connectivity index (χ0n) is 12.1. The quantitative estimate of drug-likeness (QED) is 0.835. The highest BCUT2D eigenvalue weighted by molar-refractivity contribution is 7.22. The molecule has 3 nitrogen and oxygen atoms in total. The van der Waals surface area contributed by atoms with Crippen molar-refractivity contribution in [2.45, 2.75) is 27.2 Å². The minimum Gasteiger partial charge on any atom is -0.360 e. The van der Waals surface area contributed by atoms with Crippen LogP contribution in [0.3, 0.4) is 0 Å². The highest BCUT2D eigenvalue weighted by atomic mass is 32.1. The van der Waals surface area contributed by atoms with Crippen LogP contribution in [-0.2, 0) is 0 Å². The molecule has 2 rings (SSSR count). The number of hydrogen-bond acceptors (Lipinski definition) is 4. The van der Waals surface area contributed by atoms with Gasteiger partial charge in [0.25, 0.3) is 0 Å². The van der Waals surface area contributed by atoms with Crippen LogP contribution in [0.25, 0.3) is 10.2 Å². The Morgan fingerprint density at radius 3 is 2.84 bits per heavy atom. The Bertz CT molecular complexity index is 521. The number of likely N-dealkylation sites (N-methyl/N-ethyl adjacent to an activating group) is 1. The number of aromatic nitrogens is 1. The van der Waals surface area contributed by atoms with Gasteiger partial charge in [-0.15, -0.1) is 0 Å². The summed E-state index contributed by atoms with van der Waals surface area (Å²) in [7, 11) is 0. The number of aryl methyl sites for hydroxylation is 1. The van der Waals surface area contributed by atoms with E-state index in [0.29, 0.717) is 0 Å². The zero-order chi connectivity index (χ0) is 13.7. The van der Waals surface area contributed by atoms with E-state index in [1.165, 1.54) is 23.2 Å². The number of thiazole rings is 1. The number of benzene rings is 1. The van der Waals surface area contributed by atoms with Crippen LogP contribution in [0.1, 0.15) is 25.8 Å². The molecule has 4 heteroatoms. The van der Waals surface area contributed by atoms with Gasteiger partial charge in [-0.25, -0.2) is 4.98 Å². The molecule has 1 aromatic heterocycles. The first-order valence-electron chi connectivity index (χ1n) is 7.06. The molecule has 0 fully saturated rings. The monoisotopic (exact) mass is 277 g/mol. The number of nitrogens with one attached hydrogen (secondary N) is 1. The topological polar surface area (TPSA) is 28.2 Å². The molecule has 104 valence electrons. The maximum absolute atomic E-state index is 4.61. The number of fused-ring (bicyclic) bond motifs is 1. The van der Waals surface area contributed by atoms with Gasteiger partial charge in [-0.05, 0) is 44.1 Å². The van der Waals surface area contributed by atoms with Gasteiger partial charge >= 0.3 is 0 Å². The van der Waals surface area contributed by atoms with E-state index < -0.39 is 0 Å². The first kappa shape index (κ1) is 14.3. The van der Waals surface area contributed by atoms with E-state index in [4.69, 9.17) is 0 Å². The Kier molecular flexibility index (Phi) is 5.16. The van der Waals surface area contributed by atoms with Gasteiger partial charge in [-0.3, -0.25) is 0 Å². The molecule has 1 heterocycles. The summed E-state index contributed by atoms with van der Waals surface area (Å²) in [5.74, 6) is 0. The van der Waals surface area contributed by atoms with Gasteiger partial charge in [0.15, 0.2) is 5.13 Å². The van der Waals surface area contributed by atoms with Crippen molar-refractivity contribution in [2.75, 3.05) is 31.5 Å². The van der Waals surface area contributed by atoms with Crippen LogP contribution in [0.4, 0.5) is 5.13 Å². The third-order valence-electron chi connectivity index (χ3n) is 3.24. The number of anilines is 1. The van der Waals surface area contributed by atoms with Gasteiger partial charge < -0.3 is 10.2 Å². The standard InChI is InChI=1S/C15H23N3S/c1-4-9-18(5-2)10-8-16-15-17-13-7-6-12(3)11-14(13)19-15/h6-7,11H,4-5,8-10H2,1-3H3,(H,16,17). The third kappa shape index (κ3) is 3.91. The van der Waals surface area contributed by atoms with Crippen LogP contribution >= 0.6 is 11.3 Å². The molecule has 0 amide bonds. The largest absolute Gasteiger partial charge is 0.360 e. The van der Waals surface area contributed by atoms with E-state index in [1.54, 1.807) is 11.3 Å². The van der Waals surface area contributed by atoms with Gasteiger partial charge in [0, 0.05) is 13.1 Å². The molecule has 0 saturated heterocycles. The first-order valence-corrected chi connectivity index (χ1v) is 7.88. The fourth-order valence-electron chi connectivity index (χ4n) is 2.17. The number of rotatable bonds is 7. The molecule has 2 aromatic rings. The van der Waals surface area contributed by atoms with Crippen LogP contribution in [0, 0.1) is 6.92 Å². The molecule has 19 heavy (non-hydrogen) atoms. The van der Waals surface area contributed by atoms with Crippen molar-refractivity contribution >= 4 is 26.7 Å². The molecule has 0 aliphatic heterocycles.